The Hall–Kier alpha value is -1.10. The zero-order valence-electron chi connectivity index (χ0n) is 12.2. The van der Waals surface area contributed by atoms with Crippen LogP contribution in [0.4, 0.5) is 0 Å². The molecule has 1 saturated carbocycles. The van der Waals surface area contributed by atoms with Crippen molar-refractivity contribution in [2.45, 2.75) is 58.5 Å². The summed E-state index contributed by atoms with van der Waals surface area (Å²) < 4.78 is 0. The van der Waals surface area contributed by atoms with Crippen molar-refractivity contribution in [3.05, 3.63) is 0 Å². The molecule has 4 unspecified atom stereocenters. The molecule has 0 aromatic rings. The van der Waals surface area contributed by atoms with Gasteiger partial charge >= 0.3 is 0 Å². The maximum Gasteiger partial charge on any atom is 0.242 e. The Morgan fingerprint density at radius 2 is 2.05 bits per heavy atom. The lowest BCUT2D eigenvalue weighted by Gasteiger charge is -2.31. The fourth-order valence-electron chi connectivity index (χ4n) is 2.46. The second-order valence-corrected chi connectivity index (χ2v) is 5.67. The summed E-state index contributed by atoms with van der Waals surface area (Å²) in [5.74, 6) is 0.235. The number of rotatable bonds is 5. The van der Waals surface area contributed by atoms with Crippen LogP contribution < -0.4 is 16.4 Å². The molecule has 110 valence electrons. The molecule has 5 heteroatoms. The van der Waals surface area contributed by atoms with Crippen molar-refractivity contribution >= 4 is 11.8 Å². The monoisotopic (exact) mass is 269 g/mol. The average molecular weight is 269 g/mol. The van der Waals surface area contributed by atoms with Crippen LogP contribution in [0.2, 0.25) is 0 Å². The number of nitrogens with two attached hydrogens (primary N) is 1. The Morgan fingerprint density at radius 1 is 1.37 bits per heavy atom. The largest absolute Gasteiger partial charge is 0.354 e. The smallest absolute Gasteiger partial charge is 0.242 e. The van der Waals surface area contributed by atoms with Crippen LogP contribution in [0.25, 0.3) is 0 Å². The van der Waals surface area contributed by atoms with Crippen LogP contribution in [-0.4, -0.2) is 30.4 Å². The van der Waals surface area contributed by atoms with E-state index in [1.165, 1.54) is 0 Å². The molecule has 0 aromatic heterocycles. The van der Waals surface area contributed by atoms with Gasteiger partial charge < -0.3 is 16.4 Å². The van der Waals surface area contributed by atoms with E-state index in [0.29, 0.717) is 12.5 Å². The third-order valence-electron chi connectivity index (χ3n) is 3.91. The van der Waals surface area contributed by atoms with E-state index >= 15 is 0 Å². The van der Waals surface area contributed by atoms with E-state index in [4.69, 9.17) is 5.73 Å². The SMILES string of the molecule is CCCNC(=O)C(C)NC(=O)C1CCC(N)C(C)C1. The first-order valence-electron chi connectivity index (χ1n) is 7.29. The lowest BCUT2D eigenvalue weighted by Crippen LogP contribution is -2.48. The number of hydrogen-bond acceptors (Lipinski definition) is 3. The topological polar surface area (TPSA) is 84.2 Å². The zero-order valence-corrected chi connectivity index (χ0v) is 12.2. The van der Waals surface area contributed by atoms with Crippen LogP contribution in [-0.2, 0) is 9.59 Å². The number of hydrogen-bond donors (Lipinski definition) is 3. The molecule has 1 fully saturated rings. The zero-order chi connectivity index (χ0) is 14.4. The van der Waals surface area contributed by atoms with Crippen LogP contribution >= 0.6 is 0 Å². The molecule has 0 saturated heterocycles. The van der Waals surface area contributed by atoms with E-state index in [1.807, 2.05) is 6.92 Å². The van der Waals surface area contributed by atoms with Crippen molar-refractivity contribution in [1.29, 1.82) is 0 Å². The highest BCUT2D eigenvalue weighted by Gasteiger charge is 2.30. The fraction of sp³-hybridized carbons (Fsp3) is 0.857. The third-order valence-corrected chi connectivity index (χ3v) is 3.91. The molecule has 0 bridgehead atoms. The fourth-order valence-corrected chi connectivity index (χ4v) is 2.46. The summed E-state index contributed by atoms with van der Waals surface area (Å²) in [6.07, 6.45) is 3.41. The van der Waals surface area contributed by atoms with Crippen molar-refractivity contribution in [3.63, 3.8) is 0 Å². The molecule has 0 spiro atoms. The Bertz CT molecular complexity index is 320. The number of carbonyl (C=O) groups excluding carboxylic acids is 2. The summed E-state index contributed by atoms with van der Waals surface area (Å²) in [5, 5.41) is 5.58. The Labute approximate surface area is 115 Å². The van der Waals surface area contributed by atoms with Crippen molar-refractivity contribution < 1.29 is 9.59 Å². The summed E-state index contributed by atoms with van der Waals surface area (Å²) in [7, 11) is 0. The van der Waals surface area contributed by atoms with Crippen LogP contribution in [0.15, 0.2) is 0 Å². The van der Waals surface area contributed by atoms with Gasteiger partial charge in [0.05, 0.1) is 0 Å². The van der Waals surface area contributed by atoms with Crippen LogP contribution in [0, 0.1) is 11.8 Å². The first-order chi connectivity index (χ1) is 8.95. The summed E-state index contributed by atoms with van der Waals surface area (Å²) >= 11 is 0. The molecule has 1 aliphatic rings. The Morgan fingerprint density at radius 3 is 2.63 bits per heavy atom. The molecule has 19 heavy (non-hydrogen) atoms. The van der Waals surface area contributed by atoms with Crippen LogP contribution in [0.5, 0.6) is 0 Å². The van der Waals surface area contributed by atoms with Gasteiger partial charge in [0.1, 0.15) is 6.04 Å². The molecule has 0 heterocycles. The highest BCUT2D eigenvalue weighted by molar-refractivity contribution is 5.88. The minimum Gasteiger partial charge on any atom is -0.354 e. The molecular formula is C14H27N3O2. The normalized spacial score (nSPS) is 28.5. The van der Waals surface area contributed by atoms with Crippen molar-refractivity contribution in [1.82, 2.24) is 10.6 Å². The lowest BCUT2D eigenvalue weighted by atomic mass is 9.79. The van der Waals surface area contributed by atoms with E-state index in [2.05, 4.69) is 17.6 Å². The van der Waals surface area contributed by atoms with Gasteiger partial charge in [-0.1, -0.05) is 13.8 Å². The maximum atomic E-state index is 12.1. The summed E-state index contributed by atoms with van der Waals surface area (Å²) in [6, 6.07) is -0.265. The molecule has 0 aromatic carbocycles. The summed E-state index contributed by atoms with van der Waals surface area (Å²) in [4.78, 5) is 23.8. The minimum atomic E-state index is -0.468. The second kappa shape index (κ2) is 7.48. The van der Waals surface area contributed by atoms with Crippen molar-refractivity contribution in [2.24, 2.45) is 17.6 Å². The Kier molecular flexibility index (Phi) is 6.28. The molecule has 1 aliphatic carbocycles. The van der Waals surface area contributed by atoms with Crippen molar-refractivity contribution in [2.75, 3.05) is 6.54 Å². The van der Waals surface area contributed by atoms with Crippen molar-refractivity contribution in [3.8, 4) is 0 Å². The number of carbonyl (C=O) groups is 2. The van der Waals surface area contributed by atoms with Gasteiger partial charge in [0, 0.05) is 18.5 Å². The van der Waals surface area contributed by atoms with Gasteiger partial charge in [0.15, 0.2) is 0 Å². The van der Waals surface area contributed by atoms with E-state index in [-0.39, 0.29) is 23.8 Å². The van der Waals surface area contributed by atoms with Gasteiger partial charge in [0.2, 0.25) is 11.8 Å². The summed E-state index contributed by atoms with van der Waals surface area (Å²) in [5.41, 5.74) is 5.95. The molecule has 4 atom stereocenters. The maximum absolute atomic E-state index is 12.1. The molecule has 4 N–H and O–H groups in total. The predicted molar refractivity (Wildman–Crippen MR) is 75.4 cm³/mol. The Balaban J connectivity index is 2.40. The van der Waals surface area contributed by atoms with Crippen LogP contribution in [0.1, 0.15) is 46.5 Å². The molecule has 2 amide bonds. The van der Waals surface area contributed by atoms with E-state index in [9.17, 15) is 9.59 Å². The number of amides is 2. The highest BCUT2D eigenvalue weighted by Crippen LogP contribution is 2.28. The predicted octanol–water partition coefficient (Wildman–Crippen LogP) is 0.781. The molecular weight excluding hydrogens is 242 g/mol. The lowest BCUT2D eigenvalue weighted by molar-refractivity contribution is -0.131. The van der Waals surface area contributed by atoms with Gasteiger partial charge in [-0.15, -0.1) is 0 Å². The van der Waals surface area contributed by atoms with Crippen LogP contribution in [0.3, 0.4) is 0 Å². The molecule has 1 rings (SSSR count). The molecule has 0 aliphatic heterocycles. The first-order valence-corrected chi connectivity index (χ1v) is 7.29. The summed E-state index contributed by atoms with van der Waals surface area (Å²) in [6.45, 7) is 6.45. The molecule has 5 nitrogen and oxygen atoms in total. The number of nitrogens with one attached hydrogen (secondary N) is 2. The van der Waals surface area contributed by atoms with E-state index in [1.54, 1.807) is 6.92 Å². The standard InChI is InChI=1S/C14H27N3O2/c1-4-7-16-13(18)10(3)17-14(19)11-5-6-12(15)9(2)8-11/h9-12H,4-8,15H2,1-3H3,(H,16,18)(H,17,19). The van der Waals surface area contributed by atoms with Gasteiger partial charge in [-0.3, -0.25) is 9.59 Å². The average Bonchev–Trinajstić information content (AvgIpc) is 2.38. The van der Waals surface area contributed by atoms with Gasteiger partial charge in [-0.2, -0.15) is 0 Å². The van der Waals surface area contributed by atoms with Gasteiger partial charge in [-0.25, -0.2) is 0 Å². The first kappa shape index (κ1) is 16.0. The molecule has 0 radical (unpaired) electrons. The minimum absolute atomic E-state index is 0.00350. The van der Waals surface area contributed by atoms with Gasteiger partial charge in [0.25, 0.3) is 0 Å². The van der Waals surface area contributed by atoms with Gasteiger partial charge in [-0.05, 0) is 38.5 Å². The quantitative estimate of drug-likeness (QED) is 0.689. The third kappa shape index (κ3) is 4.82. The van der Waals surface area contributed by atoms with E-state index < -0.39 is 6.04 Å². The van der Waals surface area contributed by atoms with E-state index in [0.717, 1.165) is 25.7 Å². The second-order valence-electron chi connectivity index (χ2n) is 5.67. The highest BCUT2D eigenvalue weighted by atomic mass is 16.2.